The number of rotatable bonds is 6. The van der Waals surface area contributed by atoms with Crippen molar-refractivity contribution in [1.29, 1.82) is 0 Å². The van der Waals surface area contributed by atoms with Gasteiger partial charge in [0.2, 0.25) is 10.0 Å². The van der Waals surface area contributed by atoms with Gasteiger partial charge in [-0.15, -0.1) is 0 Å². The summed E-state index contributed by atoms with van der Waals surface area (Å²) in [5.41, 5.74) is 1.06. The highest BCUT2D eigenvalue weighted by Crippen LogP contribution is 2.12. The summed E-state index contributed by atoms with van der Waals surface area (Å²) in [6.45, 7) is 3.34. The van der Waals surface area contributed by atoms with Crippen molar-refractivity contribution in [2.45, 2.75) is 6.92 Å². The number of sulfonamides is 1. The molecule has 0 radical (unpaired) electrons. The zero-order valence-corrected chi connectivity index (χ0v) is 11.4. The van der Waals surface area contributed by atoms with Gasteiger partial charge in [0, 0.05) is 32.9 Å². The fourth-order valence-corrected chi connectivity index (χ4v) is 2.33. The van der Waals surface area contributed by atoms with Crippen molar-refractivity contribution in [3.05, 3.63) is 30.3 Å². The Morgan fingerprint density at radius 1 is 1.12 bits per heavy atom. The van der Waals surface area contributed by atoms with Crippen LogP contribution in [0.2, 0.25) is 0 Å². The molecule has 0 atom stereocenters. The van der Waals surface area contributed by atoms with Crippen LogP contribution in [-0.4, -0.2) is 45.7 Å². The predicted molar refractivity (Wildman–Crippen MR) is 71.8 cm³/mol. The number of benzene rings is 1. The van der Waals surface area contributed by atoms with E-state index in [1.165, 1.54) is 4.31 Å². The second kappa shape index (κ2) is 6.02. The van der Waals surface area contributed by atoms with E-state index in [2.05, 4.69) is 4.90 Å². The predicted octanol–water partition coefficient (Wildman–Crippen LogP) is 1.40. The molecule has 0 saturated heterocycles. The Hall–Kier alpha value is -1.07. The summed E-state index contributed by atoms with van der Waals surface area (Å²) in [5.74, 6) is 0.142. The highest BCUT2D eigenvalue weighted by Gasteiger charge is 2.15. The molecule has 0 unspecified atom stereocenters. The van der Waals surface area contributed by atoms with E-state index >= 15 is 0 Å². The average Bonchev–Trinajstić information content (AvgIpc) is 2.31. The van der Waals surface area contributed by atoms with Crippen molar-refractivity contribution >= 4 is 15.7 Å². The van der Waals surface area contributed by atoms with E-state index in [4.69, 9.17) is 0 Å². The molecule has 0 aromatic heterocycles. The Balaban J connectivity index is 2.67. The number of anilines is 1. The van der Waals surface area contributed by atoms with E-state index in [1.807, 2.05) is 37.3 Å². The Morgan fingerprint density at radius 2 is 1.71 bits per heavy atom. The fourth-order valence-electron chi connectivity index (χ4n) is 1.52. The highest BCUT2D eigenvalue weighted by atomic mass is 32.2. The monoisotopic (exact) mass is 256 g/mol. The Labute approximate surface area is 104 Å². The summed E-state index contributed by atoms with van der Waals surface area (Å²) in [4.78, 5) is 2.06. The maximum absolute atomic E-state index is 11.7. The van der Waals surface area contributed by atoms with Gasteiger partial charge in [0.15, 0.2) is 0 Å². The van der Waals surface area contributed by atoms with Gasteiger partial charge in [0.25, 0.3) is 0 Å². The van der Waals surface area contributed by atoms with Crippen molar-refractivity contribution in [2.75, 3.05) is 37.8 Å². The van der Waals surface area contributed by atoms with E-state index in [0.29, 0.717) is 6.54 Å². The minimum atomic E-state index is -3.12. The Morgan fingerprint density at radius 3 is 2.18 bits per heavy atom. The lowest BCUT2D eigenvalue weighted by atomic mass is 10.3. The van der Waals surface area contributed by atoms with Gasteiger partial charge >= 0.3 is 0 Å². The maximum atomic E-state index is 11.7. The molecule has 0 aliphatic rings. The molecule has 0 heterocycles. The molecule has 0 saturated carbocycles. The minimum Gasteiger partial charge on any atom is -0.371 e. The molecule has 4 nitrogen and oxygen atoms in total. The lowest BCUT2D eigenvalue weighted by Crippen LogP contribution is -2.34. The average molecular weight is 256 g/mol. The van der Waals surface area contributed by atoms with Crippen molar-refractivity contribution in [3.63, 3.8) is 0 Å². The molecule has 1 aromatic rings. The number of hydrogen-bond donors (Lipinski definition) is 0. The Bertz CT molecular complexity index is 429. The molecule has 0 bridgehead atoms. The molecular formula is C12H20N2O2S. The maximum Gasteiger partial charge on any atom is 0.215 e. The van der Waals surface area contributed by atoms with Crippen LogP contribution in [0.15, 0.2) is 30.3 Å². The normalized spacial score (nSPS) is 11.8. The first-order chi connectivity index (χ1) is 7.97. The SMILES string of the molecule is CCN(CCS(=O)(=O)N(C)C)c1ccccc1. The van der Waals surface area contributed by atoms with Crippen LogP contribution in [0.4, 0.5) is 5.69 Å². The summed E-state index contributed by atoms with van der Waals surface area (Å²) in [6.07, 6.45) is 0. The standard InChI is InChI=1S/C12H20N2O2S/c1-4-14(12-8-6-5-7-9-12)10-11-17(15,16)13(2)3/h5-9H,4,10-11H2,1-3H3. The zero-order valence-electron chi connectivity index (χ0n) is 10.6. The molecule has 0 N–H and O–H groups in total. The number of para-hydroxylation sites is 1. The molecular weight excluding hydrogens is 236 g/mol. The third-order valence-corrected chi connectivity index (χ3v) is 4.49. The molecule has 0 aliphatic carbocycles. The topological polar surface area (TPSA) is 40.6 Å². The van der Waals surface area contributed by atoms with Gasteiger partial charge in [-0.1, -0.05) is 18.2 Å². The first-order valence-electron chi connectivity index (χ1n) is 5.67. The van der Waals surface area contributed by atoms with E-state index in [9.17, 15) is 8.42 Å². The van der Waals surface area contributed by atoms with Gasteiger partial charge in [-0.05, 0) is 19.1 Å². The number of hydrogen-bond acceptors (Lipinski definition) is 3. The highest BCUT2D eigenvalue weighted by molar-refractivity contribution is 7.89. The second-order valence-corrected chi connectivity index (χ2v) is 6.32. The molecule has 0 amide bonds. The molecule has 17 heavy (non-hydrogen) atoms. The zero-order chi connectivity index (χ0) is 12.9. The van der Waals surface area contributed by atoms with E-state index in [1.54, 1.807) is 14.1 Å². The summed E-state index contributed by atoms with van der Waals surface area (Å²) >= 11 is 0. The summed E-state index contributed by atoms with van der Waals surface area (Å²) < 4.78 is 24.6. The molecule has 0 fully saturated rings. The van der Waals surface area contributed by atoms with Crippen LogP contribution in [0, 0.1) is 0 Å². The number of nitrogens with zero attached hydrogens (tertiary/aromatic N) is 2. The van der Waals surface area contributed by atoms with Gasteiger partial charge in [0.1, 0.15) is 0 Å². The minimum absolute atomic E-state index is 0.142. The van der Waals surface area contributed by atoms with E-state index < -0.39 is 10.0 Å². The van der Waals surface area contributed by atoms with Crippen LogP contribution >= 0.6 is 0 Å². The first-order valence-corrected chi connectivity index (χ1v) is 7.28. The molecule has 0 spiro atoms. The van der Waals surface area contributed by atoms with Crippen molar-refractivity contribution in [1.82, 2.24) is 4.31 Å². The van der Waals surface area contributed by atoms with Crippen LogP contribution < -0.4 is 4.90 Å². The largest absolute Gasteiger partial charge is 0.371 e. The van der Waals surface area contributed by atoms with Gasteiger partial charge in [-0.2, -0.15) is 0 Å². The third kappa shape index (κ3) is 4.02. The van der Waals surface area contributed by atoms with E-state index in [-0.39, 0.29) is 5.75 Å². The summed E-state index contributed by atoms with van der Waals surface area (Å²) in [6, 6.07) is 9.85. The van der Waals surface area contributed by atoms with Crippen LogP contribution in [0.5, 0.6) is 0 Å². The third-order valence-electron chi connectivity index (χ3n) is 2.68. The quantitative estimate of drug-likeness (QED) is 0.772. The van der Waals surface area contributed by atoms with Crippen LogP contribution in [-0.2, 0) is 10.0 Å². The van der Waals surface area contributed by atoms with Gasteiger partial charge in [-0.25, -0.2) is 12.7 Å². The van der Waals surface area contributed by atoms with E-state index in [0.717, 1.165) is 12.2 Å². The first kappa shape index (κ1) is 14.0. The van der Waals surface area contributed by atoms with Gasteiger partial charge in [-0.3, -0.25) is 0 Å². The van der Waals surface area contributed by atoms with Crippen LogP contribution in [0.25, 0.3) is 0 Å². The molecule has 1 rings (SSSR count). The summed E-state index contributed by atoms with van der Waals surface area (Å²) in [5, 5.41) is 0. The molecule has 0 aliphatic heterocycles. The van der Waals surface area contributed by atoms with Crippen molar-refractivity contribution < 1.29 is 8.42 Å². The van der Waals surface area contributed by atoms with Crippen molar-refractivity contribution in [3.8, 4) is 0 Å². The smallest absolute Gasteiger partial charge is 0.215 e. The van der Waals surface area contributed by atoms with Gasteiger partial charge in [0.05, 0.1) is 5.75 Å². The fraction of sp³-hybridized carbons (Fsp3) is 0.500. The molecule has 5 heteroatoms. The lowest BCUT2D eigenvalue weighted by molar-refractivity contribution is 0.520. The van der Waals surface area contributed by atoms with Crippen LogP contribution in [0.3, 0.4) is 0 Å². The van der Waals surface area contributed by atoms with Gasteiger partial charge < -0.3 is 4.90 Å². The van der Waals surface area contributed by atoms with Crippen LogP contribution in [0.1, 0.15) is 6.92 Å². The molecule has 96 valence electrons. The van der Waals surface area contributed by atoms with Crippen molar-refractivity contribution in [2.24, 2.45) is 0 Å². The second-order valence-electron chi connectivity index (χ2n) is 4.01. The molecule has 1 aromatic carbocycles. The Kier molecular flexibility index (Phi) is 4.96. The lowest BCUT2D eigenvalue weighted by Gasteiger charge is -2.23. The summed E-state index contributed by atoms with van der Waals surface area (Å²) in [7, 11) is 0.00757.